The van der Waals surface area contributed by atoms with E-state index in [1.807, 2.05) is 79.7 Å². The zero-order valence-corrected chi connectivity index (χ0v) is 25.4. The van der Waals surface area contributed by atoms with Gasteiger partial charge in [0, 0.05) is 30.9 Å². The zero-order valence-electron chi connectivity index (χ0n) is 23.8. The van der Waals surface area contributed by atoms with Crippen molar-refractivity contribution in [2.24, 2.45) is 0 Å². The molecule has 1 amide bonds. The fourth-order valence-corrected chi connectivity index (χ4v) is 7.32. The van der Waals surface area contributed by atoms with Crippen LogP contribution in [0.15, 0.2) is 117 Å². The summed E-state index contributed by atoms with van der Waals surface area (Å²) in [6.07, 6.45) is 0. The van der Waals surface area contributed by atoms with Crippen LogP contribution in [0.1, 0.15) is 27.7 Å². The van der Waals surface area contributed by atoms with Crippen LogP contribution >= 0.6 is 23.1 Å². The van der Waals surface area contributed by atoms with Crippen LogP contribution in [0.5, 0.6) is 0 Å². The normalized spacial score (nSPS) is 15.1. The van der Waals surface area contributed by atoms with Gasteiger partial charge in [-0.1, -0.05) is 95.9 Å². The number of para-hydroxylation sites is 1. The summed E-state index contributed by atoms with van der Waals surface area (Å²) in [6, 6.07) is 29.9. The van der Waals surface area contributed by atoms with Crippen molar-refractivity contribution in [1.82, 2.24) is 10.2 Å². The SMILES string of the molecule is CN(C)c1ccc(C2C(C(=O)c3cc4ccccc4o3)=C(O)C(=O)N2c2nnc(SCc3cccc4ccccc34)s2)cc1. The smallest absolute Gasteiger partial charge is 0.296 e. The molecule has 0 fully saturated rings. The van der Waals surface area contributed by atoms with Gasteiger partial charge in [0.2, 0.25) is 10.9 Å². The number of hydrogen-bond donors (Lipinski definition) is 1. The number of ketones is 1. The molecule has 2 aromatic heterocycles. The quantitative estimate of drug-likeness (QED) is 0.106. The van der Waals surface area contributed by atoms with Gasteiger partial charge >= 0.3 is 0 Å². The average Bonchev–Trinajstić information content (AvgIpc) is 3.76. The first-order chi connectivity index (χ1) is 21.4. The predicted octanol–water partition coefficient (Wildman–Crippen LogP) is 7.58. The van der Waals surface area contributed by atoms with Gasteiger partial charge in [0.25, 0.3) is 5.91 Å². The number of Topliss-reactive ketones (excluding diaryl/α,β-unsaturated/α-hetero) is 1. The molecule has 44 heavy (non-hydrogen) atoms. The van der Waals surface area contributed by atoms with Gasteiger partial charge in [-0.2, -0.15) is 0 Å². The van der Waals surface area contributed by atoms with Gasteiger partial charge in [-0.05, 0) is 46.2 Å². The molecule has 0 aliphatic carbocycles. The van der Waals surface area contributed by atoms with Gasteiger partial charge in [-0.25, -0.2) is 0 Å². The lowest BCUT2D eigenvalue weighted by molar-refractivity contribution is -0.117. The van der Waals surface area contributed by atoms with Gasteiger partial charge in [0.05, 0.1) is 11.6 Å². The van der Waals surface area contributed by atoms with Gasteiger partial charge in [0.1, 0.15) is 5.58 Å². The molecule has 6 aromatic rings. The Labute approximate surface area is 261 Å². The van der Waals surface area contributed by atoms with E-state index >= 15 is 0 Å². The molecule has 1 atom stereocenters. The number of carbonyl (C=O) groups excluding carboxylic acids is 2. The second-order valence-corrected chi connectivity index (χ2v) is 12.8. The van der Waals surface area contributed by atoms with Crippen LogP contribution in [-0.2, 0) is 10.5 Å². The van der Waals surface area contributed by atoms with Gasteiger partial charge < -0.3 is 14.4 Å². The number of benzene rings is 4. The molecule has 1 aliphatic rings. The van der Waals surface area contributed by atoms with Crippen LogP contribution < -0.4 is 9.80 Å². The maximum Gasteiger partial charge on any atom is 0.296 e. The Hall–Kier alpha value is -4.93. The molecule has 10 heteroatoms. The minimum atomic E-state index is -0.928. The van der Waals surface area contributed by atoms with Crippen molar-refractivity contribution in [3.63, 3.8) is 0 Å². The Bertz CT molecular complexity index is 2040. The van der Waals surface area contributed by atoms with E-state index in [0.717, 1.165) is 16.5 Å². The minimum absolute atomic E-state index is 0.0425. The molecule has 0 radical (unpaired) electrons. The molecular weight excluding hydrogens is 593 g/mol. The van der Waals surface area contributed by atoms with Crippen LogP contribution in [0.4, 0.5) is 10.8 Å². The molecule has 1 aliphatic heterocycles. The second-order valence-electron chi connectivity index (χ2n) is 10.6. The largest absolute Gasteiger partial charge is 0.503 e. The summed E-state index contributed by atoms with van der Waals surface area (Å²) < 4.78 is 6.52. The Morgan fingerprint density at radius 3 is 2.45 bits per heavy atom. The number of aliphatic hydroxyl groups excluding tert-OH is 1. The first kappa shape index (κ1) is 27.9. The van der Waals surface area contributed by atoms with E-state index in [1.165, 1.54) is 38.9 Å². The summed E-state index contributed by atoms with van der Waals surface area (Å²) in [7, 11) is 3.86. The maximum atomic E-state index is 13.9. The molecule has 0 bridgehead atoms. The van der Waals surface area contributed by atoms with Crippen LogP contribution in [0.25, 0.3) is 21.7 Å². The Morgan fingerprint density at radius 2 is 1.68 bits per heavy atom. The molecule has 218 valence electrons. The minimum Gasteiger partial charge on any atom is -0.503 e. The first-order valence-corrected chi connectivity index (χ1v) is 15.7. The average molecular weight is 619 g/mol. The van der Waals surface area contributed by atoms with Crippen LogP contribution in [0.3, 0.4) is 0 Å². The van der Waals surface area contributed by atoms with Crippen molar-refractivity contribution in [2.45, 2.75) is 16.1 Å². The molecule has 3 heterocycles. The van der Waals surface area contributed by atoms with E-state index in [1.54, 1.807) is 12.1 Å². The van der Waals surface area contributed by atoms with E-state index in [-0.39, 0.29) is 16.5 Å². The highest BCUT2D eigenvalue weighted by molar-refractivity contribution is 8.00. The Balaban J connectivity index is 1.24. The maximum absolute atomic E-state index is 13.9. The highest BCUT2D eigenvalue weighted by atomic mass is 32.2. The molecular formula is C34H26N4O4S2. The lowest BCUT2D eigenvalue weighted by Crippen LogP contribution is -2.31. The number of furan rings is 1. The zero-order chi connectivity index (χ0) is 30.4. The van der Waals surface area contributed by atoms with Crippen LogP contribution in [0, 0.1) is 0 Å². The third-order valence-corrected chi connectivity index (χ3v) is 9.76. The molecule has 1 unspecified atom stereocenters. The van der Waals surface area contributed by atoms with Crippen molar-refractivity contribution in [1.29, 1.82) is 0 Å². The number of aromatic nitrogens is 2. The fourth-order valence-electron chi connectivity index (χ4n) is 5.45. The molecule has 4 aromatic carbocycles. The number of carbonyl (C=O) groups is 2. The number of amides is 1. The Kier molecular flexibility index (Phi) is 7.15. The van der Waals surface area contributed by atoms with Crippen molar-refractivity contribution in [3.05, 3.63) is 125 Å². The standard InChI is InChI=1S/C34H26N4O4S2/c1-37(2)24-16-14-21(15-17-24)29-28(30(39)27-18-22-9-4-6-13-26(22)42-27)31(40)32(41)38(29)33-35-36-34(44-33)43-19-23-11-7-10-20-8-3-5-12-25(20)23/h3-18,29,40H,19H2,1-2H3. The van der Waals surface area contributed by atoms with Crippen molar-refractivity contribution < 1.29 is 19.1 Å². The van der Waals surface area contributed by atoms with Gasteiger partial charge in [0.15, 0.2) is 15.9 Å². The summed E-state index contributed by atoms with van der Waals surface area (Å²) in [5.74, 6) is -1.20. The molecule has 0 saturated heterocycles. The fraction of sp³-hybridized carbons (Fsp3) is 0.118. The lowest BCUT2D eigenvalue weighted by Gasteiger charge is -2.24. The molecule has 0 saturated carbocycles. The van der Waals surface area contributed by atoms with E-state index in [9.17, 15) is 14.7 Å². The Morgan fingerprint density at radius 1 is 0.955 bits per heavy atom. The van der Waals surface area contributed by atoms with Gasteiger partial charge in [-0.3, -0.25) is 14.5 Å². The number of anilines is 2. The lowest BCUT2D eigenvalue weighted by atomic mass is 9.95. The van der Waals surface area contributed by atoms with E-state index in [4.69, 9.17) is 4.42 Å². The van der Waals surface area contributed by atoms with E-state index in [2.05, 4.69) is 34.5 Å². The van der Waals surface area contributed by atoms with E-state index < -0.39 is 23.5 Å². The molecule has 7 rings (SSSR count). The predicted molar refractivity (Wildman–Crippen MR) is 175 cm³/mol. The number of rotatable bonds is 8. The van der Waals surface area contributed by atoms with Gasteiger partial charge in [-0.15, -0.1) is 10.2 Å². The van der Waals surface area contributed by atoms with Crippen molar-refractivity contribution >= 4 is 67.3 Å². The summed E-state index contributed by atoms with van der Waals surface area (Å²) >= 11 is 2.77. The third kappa shape index (κ3) is 4.91. The van der Waals surface area contributed by atoms with E-state index in [0.29, 0.717) is 21.2 Å². The summed E-state index contributed by atoms with van der Waals surface area (Å²) in [5, 5.41) is 23.3. The monoisotopic (exact) mass is 618 g/mol. The number of aliphatic hydroxyl groups is 1. The topological polar surface area (TPSA) is 99.8 Å². The number of nitrogens with zero attached hydrogens (tertiary/aromatic N) is 4. The summed E-state index contributed by atoms with van der Waals surface area (Å²) in [6.45, 7) is 0. The van der Waals surface area contributed by atoms with Crippen LogP contribution in [-0.4, -0.2) is 41.1 Å². The summed E-state index contributed by atoms with van der Waals surface area (Å²) in [4.78, 5) is 30.9. The summed E-state index contributed by atoms with van der Waals surface area (Å²) in [5.41, 5.74) is 3.24. The molecule has 8 nitrogen and oxygen atoms in total. The molecule has 0 spiro atoms. The first-order valence-electron chi connectivity index (χ1n) is 13.9. The highest BCUT2D eigenvalue weighted by Gasteiger charge is 2.46. The number of fused-ring (bicyclic) bond motifs is 2. The second kappa shape index (κ2) is 11.3. The van der Waals surface area contributed by atoms with Crippen LogP contribution in [0.2, 0.25) is 0 Å². The number of hydrogen-bond acceptors (Lipinski definition) is 9. The third-order valence-electron chi connectivity index (χ3n) is 7.66. The van der Waals surface area contributed by atoms with Crippen molar-refractivity contribution in [3.8, 4) is 0 Å². The number of thioether (sulfide) groups is 1. The van der Waals surface area contributed by atoms with Crippen molar-refractivity contribution in [2.75, 3.05) is 23.9 Å². The molecule has 1 N–H and O–H groups in total. The highest BCUT2D eigenvalue weighted by Crippen LogP contribution is 2.44.